The SMILES string of the molecule is O=C(NCC1CCCCC1)Nc1ccc(Cl)cc1C(=O)O. The normalized spacial score (nSPS) is 15.5. The molecule has 2 amide bonds. The van der Waals surface area contributed by atoms with Gasteiger partial charge in [0.2, 0.25) is 0 Å². The quantitative estimate of drug-likeness (QED) is 0.792. The predicted molar refractivity (Wildman–Crippen MR) is 82.0 cm³/mol. The fraction of sp³-hybridized carbons (Fsp3) is 0.467. The molecule has 6 heteroatoms. The Hall–Kier alpha value is -1.75. The van der Waals surface area contributed by atoms with Crippen molar-refractivity contribution in [1.29, 1.82) is 0 Å². The van der Waals surface area contributed by atoms with Crippen LogP contribution in [0.3, 0.4) is 0 Å². The first kappa shape index (κ1) is 15.6. The van der Waals surface area contributed by atoms with Gasteiger partial charge in [0.25, 0.3) is 0 Å². The van der Waals surface area contributed by atoms with Gasteiger partial charge in [0.15, 0.2) is 0 Å². The number of aromatic carboxylic acids is 1. The second-order valence-electron chi connectivity index (χ2n) is 5.33. The number of hydrogen-bond acceptors (Lipinski definition) is 2. The molecule has 2 rings (SSSR count). The van der Waals surface area contributed by atoms with E-state index in [-0.39, 0.29) is 17.3 Å². The Morgan fingerprint density at radius 3 is 2.62 bits per heavy atom. The summed E-state index contributed by atoms with van der Waals surface area (Å²) < 4.78 is 0. The molecule has 0 radical (unpaired) electrons. The van der Waals surface area contributed by atoms with E-state index in [0.29, 0.717) is 17.5 Å². The molecule has 5 nitrogen and oxygen atoms in total. The summed E-state index contributed by atoms with van der Waals surface area (Å²) in [5.74, 6) is -0.603. The molecule has 1 aliphatic carbocycles. The minimum atomic E-state index is -1.12. The van der Waals surface area contributed by atoms with E-state index in [9.17, 15) is 9.59 Å². The third-order valence-corrected chi connectivity index (χ3v) is 3.97. The lowest BCUT2D eigenvalue weighted by atomic mass is 9.89. The maximum Gasteiger partial charge on any atom is 0.337 e. The third-order valence-electron chi connectivity index (χ3n) is 3.74. The summed E-state index contributed by atoms with van der Waals surface area (Å²) in [5.41, 5.74) is 0.225. The molecule has 0 aromatic heterocycles. The topological polar surface area (TPSA) is 78.4 Å². The van der Waals surface area contributed by atoms with Crippen LogP contribution in [-0.4, -0.2) is 23.7 Å². The molecule has 1 saturated carbocycles. The van der Waals surface area contributed by atoms with E-state index >= 15 is 0 Å². The summed E-state index contributed by atoms with van der Waals surface area (Å²) in [6.45, 7) is 0.627. The number of rotatable bonds is 4. The number of carboxylic acids is 1. The highest BCUT2D eigenvalue weighted by molar-refractivity contribution is 6.31. The van der Waals surface area contributed by atoms with E-state index in [4.69, 9.17) is 16.7 Å². The summed E-state index contributed by atoms with van der Waals surface area (Å²) in [6, 6.07) is 3.97. The second kappa shape index (κ2) is 7.31. The maximum absolute atomic E-state index is 11.9. The molecule has 3 N–H and O–H groups in total. The van der Waals surface area contributed by atoms with Crippen molar-refractivity contribution >= 4 is 29.3 Å². The number of carboxylic acid groups (broad SMARTS) is 1. The molecule has 0 unspecified atom stereocenters. The zero-order valence-corrected chi connectivity index (χ0v) is 12.4. The second-order valence-corrected chi connectivity index (χ2v) is 5.77. The molecule has 0 heterocycles. The van der Waals surface area contributed by atoms with Crippen LogP contribution in [0.25, 0.3) is 0 Å². The van der Waals surface area contributed by atoms with Crippen molar-refractivity contribution in [3.8, 4) is 0 Å². The highest BCUT2D eigenvalue weighted by atomic mass is 35.5. The van der Waals surface area contributed by atoms with Gasteiger partial charge < -0.3 is 15.7 Å². The van der Waals surface area contributed by atoms with Gasteiger partial charge in [0.1, 0.15) is 0 Å². The van der Waals surface area contributed by atoms with Gasteiger partial charge in [0, 0.05) is 11.6 Å². The molecule has 21 heavy (non-hydrogen) atoms. The number of urea groups is 1. The van der Waals surface area contributed by atoms with Gasteiger partial charge in [0.05, 0.1) is 11.3 Å². The molecule has 0 atom stereocenters. The lowest BCUT2D eigenvalue weighted by molar-refractivity contribution is 0.0698. The number of hydrogen-bond donors (Lipinski definition) is 3. The van der Waals surface area contributed by atoms with Crippen LogP contribution in [0, 0.1) is 5.92 Å². The summed E-state index contributed by atoms with van der Waals surface area (Å²) in [7, 11) is 0. The lowest BCUT2D eigenvalue weighted by Gasteiger charge is -2.21. The maximum atomic E-state index is 11.9. The summed E-state index contributed by atoms with van der Waals surface area (Å²) in [6.07, 6.45) is 5.99. The van der Waals surface area contributed by atoms with Crippen LogP contribution in [0.15, 0.2) is 18.2 Å². The van der Waals surface area contributed by atoms with Crippen molar-refractivity contribution in [2.45, 2.75) is 32.1 Å². The standard InChI is InChI=1S/C15H19ClN2O3/c16-11-6-7-13(12(8-11)14(19)20)18-15(21)17-9-10-4-2-1-3-5-10/h6-8,10H,1-5,9H2,(H,19,20)(H2,17,18,21). The number of anilines is 1. The molecule has 1 fully saturated rings. The molecule has 1 aromatic rings. The number of benzene rings is 1. The van der Waals surface area contributed by atoms with Gasteiger partial charge in [-0.05, 0) is 37.0 Å². The fourth-order valence-corrected chi connectivity index (χ4v) is 2.77. The van der Waals surface area contributed by atoms with Crippen LogP contribution in [0.2, 0.25) is 5.02 Å². The first-order chi connectivity index (χ1) is 10.1. The molecule has 0 spiro atoms. The monoisotopic (exact) mass is 310 g/mol. The van der Waals surface area contributed by atoms with Crippen molar-refractivity contribution in [1.82, 2.24) is 5.32 Å². The fourth-order valence-electron chi connectivity index (χ4n) is 2.60. The Bertz CT molecular complexity index is 528. The lowest BCUT2D eigenvalue weighted by Crippen LogP contribution is -2.34. The molecular formula is C15H19ClN2O3. The van der Waals surface area contributed by atoms with Gasteiger partial charge in [-0.2, -0.15) is 0 Å². The zero-order valence-electron chi connectivity index (χ0n) is 11.7. The average Bonchev–Trinajstić information content (AvgIpc) is 2.48. The van der Waals surface area contributed by atoms with Crippen molar-refractivity contribution in [2.75, 3.05) is 11.9 Å². The summed E-state index contributed by atoms with van der Waals surface area (Å²) >= 11 is 5.77. The molecule has 0 aliphatic heterocycles. The third kappa shape index (κ3) is 4.63. The van der Waals surface area contributed by atoms with Crippen molar-refractivity contribution in [2.24, 2.45) is 5.92 Å². The van der Waals surface area contributed by atoms with E-state index in [1.54, 1.807) is 6.07 Å². The van der Waals surface area contributed by atoms with Crippen molar-refractivity contribution in [3.05, 3.63) is 28.8 Å². The molecule has 0 bridgehead atoms. The van der Waals surface area contributed by atoms with Gasteiger partial charge in [-0.25, -0.2) is 9.59 Å². The van der Waals surface area contributed by atoms with E-state index in [0.717, 1.165) is 12.8 Å². The smallest absolute Gasteiger partial charge is 0.337 e. The van der Waals surface area contributed by atoms with Crippen LogP contribution in [-0.2, 0) is 0 Å². The first-order valence-corrected chi connectivity index (χ1v) is 7.52. The highest BCUT2D eigenvalue weighted by Crippen LogP contribution is 2.23. The molecule has 1 aliphatic rings. The van der Waals surface area contributed by atoms with Crippen LogP contribution in [0.1, 0.15) is 42.5 Å². The van der Waals surface area contributed by atoms with Gasteiger partial charge in [-0.3, -0.25) is 0 Å². The Morgan fingerprint density at radius 2 is 1.95 bits per heavy atom. The van der Waals surface area contributed by atoms with Crippen LogP contribution in [0.5, 0.6) is 0 Å². The summed E-state index contributed by atoms with van der Waals surface area (Å²) in [5, 5.41) is 14.8. The van der Waals surface area contributed by atoms with E-state index in [1.165, 1.54) is 31.4 Å². The number of amides is 2. The average molecular weight is 311 g/mol. The van der Waals surface area contributed by atoms with E-state index in [2.05, 4.69) is 10.6 Å². The largest absolute Gasteiger partial charge is 0.478 e. The van der Waals surface area contributed by atoms with Crippen LogP contribution >= 0.6 is 11.6 Å². The van der Waals surface area contributed by atoms with Gasteiger partial charge >= 0.3 is 12.0 Å². The molecule has 0 saturated heterocycles. The number of nitrogens with one attached hydrogen (secondary N) is 2. The van der Waals surface area contributed by atoms with Crippen molar-refractivity contribution < 1.29 is 14.7 Å². The van der Waals surface area contributed by atoms with Gasteiger partial charge in [-0.15, -0.1) is 0 Å². The number of carbonyl (C=O) groups is 2. The Balaban J connectivity index is 1.91. The Labute approximate surface area is 128 Å². The number of carbonyl (C=O) groups excluding carboxylic acids is 1. The van der Waals surface area contributed by atoms with E-state index < -0.39 is 5.97 Å². The Kier molecular flexibility index (Phi) is 5.44. The summed E-state index contributed by atoms with van der Waals surface area (Å²) in [4.78, 5) is 23.0. The van der Waals surface area contributed by atoms with Gasteiger partial charge in [-0.1, -0.05) is 30.9 Å². The molecule has 1 aromatic carbocycles. The predicted octanol–water partition coefficient (Wildman–Crippen LogP) is 3.74. The minimum Gasteiger partial charge on any atom is -0.478 e. The number of halogens is 1. The minimum absolute atomic E-state index is 0.0182. The molecular weight excluding hydrogens is 292 g/mol. The van der Waals surface area contributed by atoms with E-state index in [1.807, 2.05) is 0 Å². The van der Waals surface area contributed by atoms with Crippen LogP contribution < -0.4 is 10.6 Å². The van der Waals surface area contributed by atoms with Crippen LogP contribution in [0.4, 0.5) is 10.5 Å². The first-order valence-electron chi connectivity index (χ1n) is 7.14. The van der Waals surface area contributed by atoms with Crippen molar-refractivity contribution in [3.63, 3.8) is 0 Å². The Morgan fingerprint density at radius 1 is 1.24 bits per heavy atom. The highest BCUT2D eigenvalue weighted by Gasteiger charge is 2.16. The zero-order chi connectivity index (χ0) is 15.2. The molecule has 114 valence electrons.